The summed E-state index contributed by atoms with van der Waals surface area (Å²) in [6.45, 7) is 0.554. The molecule has 1 aliphatic rings. The molecular weight excluding hydrogens is 262 g/mol. The first-order chi connectivity index (χ1) is 9.24. The van der Waals surface area contributed by atoms with E-state index in [1.165, 1.54) is 16.7 Å². The molecule has 2 amide bonds. The minimum absolute atomic E-state index is 0.0600. The van der Waals surface area contributed by atoms with Crippen LogP contribution < -0.4 is 0 Å². The fourth-order valence-electron chi connectivity index (χ4n) is 2.12. The van der Waals surface area contributed by atoms with Crippen LogP contribution in [-0.4, -0.2) is 39.0 Å². The Balaban J connectivity index is 1.65. The lowest BCUT2D eigenvalue weighted by molar-refractivity contribution is -0.140. The summed E-state index contributed by atoms with van der Waals surface area (Å²) in [6.07, 6.45) is 1.26. The van der Waals surface area contributed by atoms with Gasteiger partial charge >= 0.3 is 0 Å². The molecule has 5 nitrogen and oxygen atoms in total. The number of imidazole rings is 1. The molecule has 1 aromatic heterocycles. The molecule has 0 aliphatic carbocycles. The van der Waals surface area contributed by atoms with E-state index in [9.17, 15) is 9.59 Å². The molecule has 0 spiro atoms. The minimum atomic E-state index is -0.132. The number of fused-ring (bicyclic) bond motifs is 1. The fraction of sp³-hybridized carbons (Fsp3) is 0.308. The zero-order valence-electron chi connectivity index (χ0n) is 10.3. The van der Waals surface area contributed by atoms with E-state index in [-0.39, 0.29) is 17.6 Å². The Kier molecular flexibility index (Phi) is 3.25. The molecular formula is C13H13N3O2S. The minimum Gasteiger partial charge on any atom is -0.333 e. The van der Waals surface area contributed by atoms with E-state index in [2.05, 4.69) is 9.97 Å². The first kappa shape index (κ1) is 12.2. The van der Waals surface area contributed by atoms with Gasteiger partial charge in [0.2, 0.25) is 11.8 Å². The van der Waals surface area contributed by atoms with Crippen LogP contribution >= 0.6 is 11.8 Å². The number of imide groups is 1. The number of rotatable bonds is 3. The average Bonchev–Trinajstić information content (AvgIpc) is 3.01. The molecule has 2 heterocycles. The largest absolute Gasteiger partial charge is 0.333 e. The van der Waals surface area contributed by atoms with E-state index in [0.717, 1.165) is 17.5 Å². The number of likely N-dealkylation sites (tertiary alicyclic amines) is 1. The third-order valence-corrected chi connectivity index (χ3v) is 3.93. The Hall–Kier alpha value is -1.82. The Bertz CT molecular complexity index is 605. The van der Waals surface area contributed by atoms with Crippen LogP contribution in [-0.2, 0) is 9.59 Å². The van der Waals surface area contributed by atoms with E-state index in [1.54, 1.807) is 0 Å². The van der Waals surface area contributed by atoms with Crippen LogP contribution in [0.1, 0.15) is 12.8 Å². The highest BCUT2D eigenvalue weighted by Gasteiger charge is 2.26. The van der Waals surface area contributed by atoms with Gasteiger partial charge in [-0.2, -0.15) is 0 Å². The SMILES string of the molecule is O=C1CCCN1C(=O)CSc1nc2ccccc2[nH]1. The second-order valence-corrected chi connectivity index (χ2v) is 5.35. The molecule has 0 unspecified atom stereocenters. The van der Waals surface area contributed by atoms with Gasteiger partial charge in [-0.1, -0.05) is 23.9 Å². The summed E-state index contributed by atoms with van der Waals surface area (Å²) in [5.41, 5.74) is 1.84. The second-order valence-electron chi connectivity index (χ2n) is 4.39. The Morgan fingerprint density at radius 2 is 2.26 bits per heavy atom. The fourth-order valence-corrected chi connectivity index (χ4v) is 2.88. The highest BCUT2D eigenvalue weighted by atomic mass is 32.2. The molecule has 19 heavy (non-hydrogen) atoms. The standard InChI is InChI=1S/C13H13N3O2S/c17-11-6-3-7-16(11)12(18)8-19-13-14-9-4-1-2-5-10(9)15-13/h1-2,4-5H,3,6-8H2,(H,14,15). The van der Waals surface area contributed by atoms with Gasteiger partial charge in [-0.3, -0.25) is 14.5 Å². The van der Waals surface area contributed by atoms with Crippen LogP contribution in [0.5, 0.6) is 0 Å². The number of amides is 2. The number of benzene rings is 1. The van der Waals surface area contributed by atoms with Crippen molar-refractivity contribution in [3.63, 3.8) is 0 Å². The number of nitrogens with zero attached hydrogens (tertiary/aromatic N) is 2. The summed E-state index contributed by atoms with van der Waals surface area (Å²) in [5, 5.41) is 0.709. The lowest BCUT2D eigenvalue weighted by Crippen LogP contribution is -2.33. The van der Waals surface area contributed by atoms with Crippen molar-refractivity contribution < 1.29 is 9.59 Å². The van der Waals surface area contributed by atoms with Crippen LogP contribution in [0, 0.1) is 0 Å². The summed E-state index contributed by atoms with van der Waals surface area (Å²) in [6, 6.07) is 7.72. The average molecular weight is 275 g/mol. The predicted octanol–water partition coefficient (Wildman–Crippen LogP) is 1.80. The maximum atomic E-state index is 11.9. The van der Waals surface area contributed by atoms with Gasteiger partial charge in [0.15, 0.2) is 5.16 Å². The monoisotopic (exact) mass is 275 g/mol. The molecule has 6 heteroatoms. The lowest BCUT2D eigenvalue weighted by atomic mass is 10.3. The third-order valence-electron chi connectivity index (χ3n) is 3.07. The Labute approximate surface area is 114 Å². The Morgan fingerprint density at radius 3 is 3.00 bits per heavy atom. The van der Waals surface area contributed by atoms with Gasteiger partial charge in [-0.15, -0.1) is 0 Å². The number of aromatic nitrogens is 2. The van der Waals surface area contributed by atoms with Crippen molar-refractivity contribution in [1.29, 1.82) is 0 Å². The lowest BCUT2D eigenvalue weighted by Gasteiger charge is -2.12. The number of carbonyl (C=O) groups excluding carboxylic acids is 2. The summed E-state index contributed by atoms with van der Waals surface area (Å²) in [7, 11) is 0. The van der Waals surface area contributed by atoms with E-state index in [0.29, 0.717) is 18.1 Å². The van der Waals surface area contributed by atoms with Gasteiger partial charge < -0.3 is 4.98 Å². The molecule has 98 valence electrons. The molecule has 3 rings (SSSR count). The number of hydrogen-bond donors (Lipinski definition) is 1. The first-order valence-electron chi connectivity index (χ1n) is 6.15. The van der Waals surface area contributed by atoms with Crippen LogP contribution in [0.4, 0.5) is 0 Å². The van der Waals surface area contributed by atoms with E-state index in [1.807, 2.05) is 24.3 Å². The molecule has 1 aliphatic heterocycles. The molecule has 0 radical (unpaired) electrons. The van der Waals surface area contributed by atoms with Crippen LogP contribution in [0.3, 0.4) is 0 Å². The number of hydrogen-bond acceptors (Lipinski definition) is 4. The number of para-hydroxylation sites is 2. The zero-order chi connectivity index (χ0) is 13.2. The Morgan fingerprint density at radius 1 is 1.42 bits per heavy atom. The summed E-state index contributed by atoms with van der Waals surface area (Å²) in [4.78, 5) is 32.2. The van der Waals surface area contributed by atoms with E-state index in [4.69, 9.17) is 0 Å². The van der Waals surface area contributed by atoms with Crippen molar-refractivity contribution in [2.45, 2.75) is 18.0 Å². The number of nitrogens with one attached hydrogen (secondary N) is 1. The van der Waals surface area contributed by atoms with Crippen molar-refractivity contribution in [3.8, 4) is 0 Å². The van der Waals surface area contributed by atoms with Crippen molar-refractivity contribution in [2.75, 3.05) is 12.3 Å². The van der Waals surface area contributed by atoms with Crippen molar-refractivity contribution in [3.05, 3.63) is 24.3 Å². The first-order valence-corrected chi connectivity index (χ1v) is 7.13. The summed E-state index contributed by atoms with van der Waals surface area (Å²) < 4.78 is 0. The molecule has 0 atom stereocenters. The van der Waals surface area contributed by atoms with E-state index >= 15 is 0 Å². The highest BCUT2D eigenvalue weighted by molar-refractivity contribution is 7.99. The summed E-state index contributed by atoms with van der Waals surface area (Å²) >= 11 is 1.33. The van der Waals surface area contributed by atoms with Gasteiger partial charge in [-0.25, -0.2) is 4.98 Å². The van der Waals surface area contributed by atoms with Crippen molar-refractivity contribution in [2.24, 2.45) is 0 Å². The van der Waals surface area contributed by atoms with Crippen LogP contribution in [0.2, 0.25) is 0 Å². The molecule has 0 saturated carbocycles. The second kappa shape index (κ2) is 5.05. The zero-order valence-corrected chi connectivity index (χ0v) is 11.1. The van der Waals surface area contributed by atoms with Crippen LogP contribution in [0.25, 0.3) is 11.0 Å². The van der Waals surface area contributed by atoms with Crippen molar-refractivity contribution in [1.82, 2.24) is 14.9 Å². The van der Waals surface area contributed by atoms with Gasteiger partial charge in [-0.05, 0) is 18.6 Å². The number of thioether (sulfide) groups is 1. The molecule has 0 bridgehead atoms. The molecule has 1 aromatic carbocycles. The number of carbonyl (C=O) groups is 2. The smallest absolute Gasteiger partial charge is 0.239 e. The summed E-state index contributed by atoms with van der Waals surface area (Å²) in [5.74, 6) is 0.0501. The van der Waals surface area contributed by atoms with Gasteiger partial charge in [0.1, 0.15) is 0 Å². The third kappa shape index (κ3) is 2.49. The van der Waals surface area contributed by atoms with Crippen molar-refractivity contribution >= 4 is 34.6 Å². The molecule has 1 N–H and O–H groups in total. The predicted molar refractivity (Wildman–Crippen MR) is 72.8 cm³/mol. The normalized spacial score (nSPS) is 15.4. The molecule has 1 fully saturated rings. The maximum Gasteiger partial charge on any atom is 0.239 e. The van der Waals surface area contributed by atoms with Gasteiger partial charge in [0.05, 0.1) is 16.8 Å². The molecule has 1 saturated heterocycles. The van der Waals surface area contributed by atoms with Crippen LogP contribution in [0.15, 0.2) is 29.4 Å². The maximum absolute atomic E-state index is 11.9. The highest BCUT2D eigenvalue weighted by Crippen LogP contribution is 2.20. The quantitative estimate of drug-likeness (QED) is 0.867. The topological polar surface area (TPSA) is 66.1 Å². The number of H-pyrrole nitrogens is 1. The van der Waals surface area contributed by atoms with Gasteiger partial charge in [0, 0.05) is 13.0 Å². The van der Waals surface area contributed by atoms with E-state index < -0.39 is 0 Å². The molecule has 2 aromatic rings. The number of aromatic amines is 1. The van der Waals surface area contributed by atoms with Gasteiger partial charge in [0.25, 0.3) is 0 Å².